The van der Waals surface area contributed by atoms with Gasteiger partial charge in [0.15, 0.2) is 0 Å². The van der Waals surface area contributed by atoms with Crippen molar-refractivity contribution in [2.75, 3.05) is 0 Å². The Morgan fingerprint density at radius 3 is 2.20 bits per heavy atom. The van der Waals surface area contributed by atoms with Crippen molar-refractivity contribution in [3.8, 4) is 0 Å². The van der Waals surface area contributed by atoms with Crippen LogP contribution in [0, 0.1) is 27.4 Å². The van der Waals surface area contributed by atoms with Crippen LogP contribution in [-0.4, -0.2) is 4.92 Å². The second kappa shape index (κ2) is 3.84. The molecule has 4 fully saturated rings. The lowest BCUT2D eigenvalue weighted by molar-refractivity contribution is -0.384. The van der Waals surface area contributed by atoms with Crippen LogP contribution in [0.2, 0.25) is 0 Å². The van der Waals surface area contributed by atoms with Crippen molar-refractivity contribution in [3.63, 3.8) is 0 Å². The lowest BCUT2D eigenvalue weighted by atomic mass is 9.43. The number of non-ortho nitro benzene ring substituents is 1. The van der Waals surface area contributed by atoms with Gasteiger partial charge in [-0.1, -0.05) is 19.1 Å². The molecule has 4 aliphatic rings. The average molecular weight is 271 g/mol. The molecule has 2 atom stereocenters. The second-order valence-electron chi connectivity index (χ2n) is 7.86. The lowest BCUT2D eigenvalue weighted by Crippen LogP contribution is -2.52. The van der Waals surface area contributed by atoms with Crippen molar-refractivity contribution in [1.29, 1.82) is 0 Å². The standard InChI is InChI=1S/C17H21NO2/c1-16-7-12-6-13(8-16)10-17(9-12,11-16)14-2-4-15(5-3-14)18(19)20/h2-5,12-13H,6-11H2,1H3. The van der Waals surface area contributed by atoms with E-state index < -0.39 is 0 Å². The van der Waals surface area contributed by atoms with Gasteiger partial charge in [0.2, 0.25) is 0 Å². The Hall–Kier alpha value is -1.38. The summed E-state index contributed by atoms with van der Waals surface area (Å²) >= 11 is 0. The molecule has 5 rings (SSSR count). The van der Waals surface area contributed by atoms with Gasteiger partial charge < -0.3 is 0 Å². The molecule has 0 aliphatic heterocycles. The fraction of sp³-hybridized carbons (Fsp3) is 0.647. The molecule has 3 heteroatoms. The van der Waals surface area contributed by atoms with Gasteiger partial charge in [0, 0.05) is 12.1 Å². The van der Waals surface area contributed by atoms with E-state index in [0.29, 0.717) is 10.8 Å². The Morgan fingerprint density at radius 1 is 1.10 bits per heavy atom. The van der Waals surface area contributed by atoms with E-state index in [-0.39, 0.29) is 10.6 Å². The van der Waals surface area contributed by atoms with E-state index in [4.69, 9.17) is 0 Å². The summed E-state index contributed by atoms with van der Waals surface area (Å²) in [6.07, 6.45) is 8.11. The minimum absolute atomic E-state index is 0.213. The zero-order valence-corrected chi connectivity index (χ0v) is 12.0. The largest absolute Gasteiger partial charge is 0.269 e. The van der Waals surface area contributed by atoms with Crippen molar-refractivity contribution in [2.45, 2.75) is 50.9 Å². The molecular formula is C17H21NO2. The first-order chi connectivity index (χ1) is 9.48. The summed E-state index contributed by atoms with van der Waals surface area (Å²) in [7, 11) is 0. The van der Waals surface area contributed by atoms with Crippen molar-refractivity contribution in [1.82, 2.24) is 0 Å². The van der Waals surface area contributed by atoms with Crippen LogP contribution in [0.3, 0.4) is 0 Å². The van der Waals surface area contributed by atoms with Gasteiger partial charge in [-0.3, -0.25) is 10.1 Å². The first-order valence-electron chi connectivity index (χ1n) is 7.73. The fourth-order valence-corrected chi connectivity index (χ4v) is 5.99. The Bertz CT molecular complexity index is 549. The highest BCUT2D eigenvalue weighted by molar-refractivity contribution is 5.38. The molecule has 4 bridgehead atoms. The summed E-state index contributed by atoms with van der Waals surface area (Å²) in [6.45, 7) is 2.46. The maximum atomic E-state index is 10.8. The third kappa shape index (κ3) is 1.72. The third-order valence-corrected chi connectivity index (χ3v) is 6.04. The van der Waals surface area contributed by atoms with Crippen molar-refractivity contribution >= 4 is 5.69 Å². The molecule has 0 N–H and O–H groups in total. The molecule has 4 saturated carbocycles. The van der Waals surface area contributed by atoms with Crippen molar-refractivity contribution < 1.29 is 4.92 Å². The van der Waals surface area contributed by atoms with Gasteiger partial charge in [0.05, 0.1) is 4.92 Å². The molecule has 0 radical (unpaired) electrons. The Kier molecular flexibility index (Phi) is 2.37. The molecule has 106 valence electrons. The Balaban J connectivity index is 1.72. The first-order valence-corrected chi connectivity index (χ1v) is 7.73. The maximum absolute atomic E-state index is 10.8. The SMILES string of the molecule is CC12CC3CC(C1)CC(c1ccc([N+](=O)[O-])cc1)(C3)C2. The number of benzene rings is 1. The molecule has 0 saturated heterocycles. The quantitative estimate of drug-likeness (QED) is 0.589. The number of nitro benzene ring substituents is 1. The summed E-state index contributed by atoms with van der Waals surface area (Å²) in [4.78, 5) is 10.5. The number of nitrogens with zero attached hydrogens (tertiary/aromatic N) is 1. The molecule has 0 spiro atoms. The zero-order chi connectivity index (χ0) is 14.0. The van der Waals surface area contributed by atoms with Crippen LogP contribution in [0.5, 0.6) is 0 Å². The van der Waals surface area contributed by atoms with E-state index in [1.807, 2.05) is 12.1 Å². The molecule has 0 amide bonds. The highest BCUT2D eigenvalue weighted by atomic mass is 16.6. The van der Waals surface area contributed by atoms with Crippen LogP contribution in [0.4, 0.5) is 5.69 Å². The Labute approximate surface area is 119 Å². The molecule has 4 aliphatic carbocycles. The van der Waals surface area contributed by atoms with Crippen LogP contribution < -0.4 is 0 Å². The minimum Gasteiger partial charge on any atom is -0.258 e. The van der Waals surface area contributed by atoms with Gasteiger partial charge in [0.1, 0.15) is 0 Å². The predicted octanol–water partition coefficient (Wildman–Crippen LogP) is 4.45. The van der Waals surface area contributed by atoms with E-state index in [1.54, 1.807) is 12.1 Å². The van der Waals surface area contributed by atoms with Crippen LogP contribution in [0.15, 0.2) is 24.3 Å². The number of hydrogen-bond acceptors (Lipinski definition) is 2. The molecule has 3 nitrogen and oxygen atoms in total. The third-order valence-electron chi connectivity index (χ3n) is 6.04. The van der Waals surface area contributed by atoms with E-state index in [1.165, 1.54) is 44.1 Å². The van der Waals surface area contributed by atoms with Gasteiger partial charge in [-0.25, -0.2) is 0 Å². The highest BCUT2D eigenvalue weighted by Crippen LogP contribution is 2.65. The van der Waals surface area contributed by atoms with Gasteiger partial charge in [-0.05, 0) is 66.8 Å². The normalized spacial score (nSPS) is 41.9. The lowest BCUT2D eigenvalue weighted by Gasteiger charge is -2.61. The monoisotopic (exact) mass is 271 g/mol. The fourth-order valence-electron chi connectivity index (χ4n) is 5.99. The van der Waals surface area contributed by atoms with Crippen molar-refractivity contribution in [3.05, 3.63) is 39.9 Å². The summed E-state index contributed by atoms with van der Waals surface area (Å²) in [6, 6.07) is 7.43. The van der Waals surface area contributed by atoms with Crippen LogP contribution in [0.25, 0.3) is 0 Å². The van der Waals surface area contributed by atoms with Gasteiger partial charge in [-0.2, -0.15) is 0 Å². The van der Waals surface area contributed by atoms with Gasteiger partial charge >= 0.3 is 0 Å². The topological polar surface area (TPSA) is 43.1 Å². The number of rotatable bonds is 2. The highest BCUT2D eigenvalue weighted by Gasteiger charge is 2.56. The molecule has 1 aromatic carbocycles. The molecule has 1 aromatic rings. The van der Waals surface area contributed by atoms with Crippen molar-refractivity contribution in [2.24, 2.45) is 17.3 Å². The number of hydrogen-bond donors (Lipinski definition) is 0. The van der Waals surface area contributed by atoms with Crippen LogP contribution in [-0.2, 0) is 5.41 Å². The molecule has 2 unspecified atom stereocenters. The smallest absolute Gasteiger partial charge is 0.258 e. The predicted molar refractivity (Wildman–Crippen MR) is 77.6 cm³/mol. The van der Waals surface area contributed by atoms with Crippen LogP contribution in [0.1, 0.15) is 51.0 Å². The van der Waals surface area contributed by atoms with Gasteiger partial charge in [0.25, 0.3) is 5.69 Å². The van der Waals surface area contributed by atoms with Gasteiger partial charge in [-0.15, -0.1) is 0 Å². The van der Waals surface area contributed by atoms with E-state index in [2.05, 4.69) is 6.92 Å². The molecule has 20 heavy (non-hydrogen) atoms. The van der Waals surface area contributed by atoms with E-state index in [9.17, 15) is 10.1 Å². The molecule has 0 aromatic heterocycles. The molecule has 0 heterocycles. The summed E-state index contributed by atoms with van der Waals surface area (Å²) < 4.78 is 0. The first kappa shape index (κ1) is 12.4. The Morgan fingerprint density at radius 2 is 1.70 bits per heavy atom. The average Bonchev–Trinajstić information content (AvgIpc) is 2.36. The van der Waals surface area contributed by atoms with E-state index >= 15 is 0 Å². The second-order valence-corrected chi connectivity index (χ2v) is 7.86. The summed E-state index contributed by atoms with van der Waals surface area (Å²) in [5.74, 6) is 1.77. The zero-order valence-electron chi connectivity index (χ0n) is 12.0. The molecular weight excluding hydrogens is 250 g/mol. The summed E-state index contributed by atoms with van der Waals surface area (Å²) in [5.41, 5.74) is 2.40. The maximum Gasteiger partial charge on any atom is 0.269 e. The summed E-state index contributed by atoms with van der Waals surface area (Å²) in [5, 5.41) is 10.8. The number of nitro groups is 1. The van der Waals surface area contributed by atoms with Crippen LogP contribution >= 0.6 is 0 Å². The minimum atomic E-state index is -0.301. The van der Waals surface area contributed by atoms with E-state index in [0.717, 1.165) is 11.8 Å².